The predicted octanol–water partition coefficient (Wildman–Crippen LogP) is 4.75. The molecule has 4 rings (SSSR count). The quantitative estimate of drug-likeness (QED) is 0.417. The zero-order chi connectivity index (χ0) is 20.9. The Labute approximate surface area is 180 Å². The fraction of sp³-hybridized carbons (Fsp3) is 0.304. The highest BCUT2D eigenvalue weighted by Gasteiger charge is 2.16. The van der Waals surface area contributed by atoms with Crippen molar-refractivity contribution in [1.29, 1.82) is 0 Å². The van der Waals surface area contributed by atoms with Crippen molar-refractivity contribution in [1.82, 2.24) is 25.1 Å². The van der Waals surface area contributed by atoms with Crippen molar-refractivity contribution in [2.45, 2.75) is 44.4 Å². The van der Waals surface area contributed by atoms with Gasteiger partial charge in [0.1, 0.15) is 5.52 Å². The SMILES string of the molecule is CCC[C@@H](NC(=O)CSc1nnc2c3ccccc3n(CC)c2n1)c1ccccc1. The average Bonchev–Trinajstić information content (AvgIpc) is 3.11. The van der Waals surface area contributed by atoms with Crippen LogP contribution in [0.5, 0.6) is 0 Å². The van der Waals surface area contributed by atoms with Crippen LogP contribution >= 0.6 is 11.8 Å². The first-order valence-corrected chi connectivity index (χ1v) is 11.3. The summed E-state index contributed by atoms with van der Waals surface area (Å²) >= 11 is 1.32. The summed E-state index contributed by atoms with van der Waals surface area (Å²) in [5.74, 6) is 0.231. The van der Waals surface area contributed by atoms with Crippen LogP contribution in [0.15, 0.2) is 59.8 Å². The van der Waals surface area contributed by atoms with Crippen LogP contribution < -0.4 is 5.32 Å². The molecular formula is C23H25N5OS. The van der Waals surface area contributed by atoms with E-state index in [1.54, 1.807) is 0 Å². The largest absolute Gasteiger partial charge is 0.349 e. The molecule has 7 heteroatoms. The molecule has 1 N–H and O–H groups in total. The summed E-state index contributed by atoms with van der Waals surface area (Å²) in [5, 5.41) is 13.4. The molecule has 30 heavy (non-hydrogen) atoms. The molecule has 0 saturated carbocycles. The molecule has 0 aliphatic heterocycles. The number of benzene rings is 2. The van der Waals surface area contributed by atoms with Crippen LogP contribution in [0.25, 0.3) is 22.1 Å². The molecule has 1 amide bonds. The van der Waals surface area contributed by atoms with Gasteiger partial charge in [-0.15, -0.1) is 10.2 Å². The smallest absolute Gasteiger partial charge is 0.230 e. The minimum Gasteiger partial charge on any atom is -0.349 e. The first-order chi connectivity index (χ1) is 14.7. The van der Waals surface area contributed by atoms with E-state index in [9.17, 15) is 4.79 Å². The Balaban J connectivity index is 1.49. The number of amides is 1. The second kappa shape index (κ2) is 9.26. The van der Waals surface area contributed by atoms with Crippen molar-refractivity contribution >= 4 is 39.7 Å². The third-order valence-corrected chi connectivity index (χ3v) is 5.96. The van der Waals surface area contributed by atoms with Gasteiger partial charge in [0.05, 0.1) is 17.3 Å². The van der Waals surface area contributed by atoms with E-state index in [0.717, 1.165) is 47.0 Å². The Morgan fingerprint density at radius 3 is 2.60 bits per heavy atom. The lowest BCUT2D eigenvalue weighted by molar-refractivity contribution is -0.119. The molecule has 2 aromatic heterocycles. The Kier molecular flexibility index (Phi) is 6.28. The number of fused-ring (bicyclic) bond motifs is 3. The van der Waals surface area contributed by atoms with Gasteiger partial charge in [-0.3, -0.25) is 4.79 Å². The van der Waals surface area contributed by atoms with Crippen molar-refractivity contribution in [2.75, 3.05) is 5.75 Å². The van der Waals surface area contributed by atoms with Gasteiger partial charge in [-0.25, -0.2) is 4.98 Å². The fourth-order valence-electron chi connectivity index (χ4n) is 3.73. The molecule has 2 aromatic carbocycles. The Morgan fingerprint density at radius 2 is 1.83 bits per heavy atom. The number of aromatic nitrogens is 4. The van der Waals surface area contributed by atoms with Gasteiger partial charge in [0, 0.05) is 11.9 Å². The highest BCUT2D eigenvalue weighted by Crippen LogP contribution is 2.27. The molecule has 0 saturated heterocycles. The Bertz CT molecular complexity index is 1160. The van der Waals surface area contributed by atoms with E-state index in [-0.39, 0.29) is 17.7 Å². The molecule has 0 bridgehead atoms. The van der Waals surface area contributed by atoms with E-state index in [0.29, 0.717) is 5.16 Å². The maximum absolute atomic E-state index is 12.6. The van der Waals surface area contributed by atoms with Gasteiger partial charge in [0.15, 0.2) is 5.65 Å². The van der Waals surface area contributed by atoms with Crippen molar-refractivity contribution in [2.24, 2.45) is 0 Å². The van der Waals surface area contributed by atoms with E-state index in [1.807, 2.05) is 36.4 Å². The van der Waals surface area contributed by atoms with Gasteiger partial charge in [-0.05, 0) is 25.0 Å². The normalized spacial score (nSPS) is 12.3. The second-order valence-corrected chi connectivity index (χ2v) is 8.08. The second-order valence-electron chi connectivity index (χ2n) is 7.14. The molecule has 0 unspecified atom stereocenters. The molecule has 0 radical (unpaired) electrons. The monoisotopic (exact) mass is 419 g/mol. The fourth-order valence-corrected chi connectivity index (χ4v) is 4.33. The minimum atomic E-state index is -0.0259. The summed E-state index contributed by atoms with van der Waals surface area (Å²) in [6.07, 6.45) is 1.90. The number of thioether (sulfide) groups is 1. The first kappa shape index (κ1) is 20.3. The number of hydrogen-bond acceptors (Lipinski definition) is 5. The van der Waals surface area contributed by atoms with Crippen LogP contribution in [-0.2, 0) is 11.3 Å². The lowest BCUT2D eigenvalue weighted by atomic mass is 10.0. The maximum Gasteiger partial charge on any atom is 0.230 e. The van der Waals surface area contributed by atoms with Gasteiger partial charge in [0.25, 0.3) is 0 Å². The van der Waals surface area contributed by atoms with Crippen molar-refractivity contribution in [3.8, 4) is 0 Å². The third kappa shape index (κ3) is 4.16. The number of aryl methyl sites for hydroxylation is 1. The lowest BCUT2D eigenvalue weighted by Crippen LogP contribution is -2.30. The lowest BCUT2D eigenvalue weighted by Gasteiger charge is -2.18. The van der Waals surface area contributed by atoms with Gasteiger partial charge >= 0.3 is 0 Å². The van der Waals surface area contributed by atoms with Crippen LogP contribution in [0.4, 0.5) is 0 Å². The molecule has 154 valence electrons. The van der Waals surface area contributed by atoms with Gasteiger partial charge in [0.2, 0.25) is 11.1 Å². The zero-order valence-corrected chi connectivity index (χ0v) is 18.0. The summed E-state index contributed by atoms with van der Waals surface area (Å²) in [5.41, 5.74) is 3.84. The Morgan fingerprint density at radius 1 is 1.07 bits per heavy atom. The van der Waals surface area contributed by atoms with Gasteiger partial charge in [-0.2, -0.15) is 0 Å². The molecule has 2 heterocycles. The van der Waals surface area contributed by atoms with E-state index in [2.05, 4.69) is 52.1 Å². The highest BCUT2D eigenvalue weighted by molar-refractivity contribution is 7.99. The summed E-state index contributed by atoms with van der Waals surface area (Å²) < 4.78 is 2.14. The molecule has 0 aliphatic rings. The summed E-state index contributed by atoms with van der Waals surface area (Å²) in [6.45, 7) is 5.01. The number of rotatable bonds is 8. The van der Waals surface area contributed by atoms with Gasteiger partial charge in [-0.1, -0.05) is 73.6 Å². The number of para-hydroxylation sites is 1. The van der Waals surface area contributed by atoms with Crippen molar-refractivity contribution in [3.63, 3.8) is 0 Å². The number of hydrogen-bond donors (Lipinski definition) is 1. The van der Waals surface area contributed by atoms with Crippen LogP contribution in [0.2, 0.25) is 0 Å². The standard InChI is InChI=1S/C23H25N5OS/c1-3-10-18(16-11-6-5-7-12-16)24-20(29)15-30-23-25-22-21(26-27-23)17-13-8-9-14-19(17)28(22)4-2/h5-9,11-14,18H,3-4,10,15H2,1-2H3,(H,24,29)/t18-/m1/s1. The van der Waals surface area contributed by atoms with E-state index in [4.69, 9.17) is 4.98 Å². The van der Waals surface area contributed by atoms with E-state index in [1.165, 1.54) is 11.8 Å². The molecular weight excluding hydrogens is 394 g/mol. The summed E-state index contributed by atoms with van der Waals surface area (Å²) in [6, 6.07) is 18.2. The predicted molar refractivity (Wildman–Crippen MR) is 121 cm³/mol. The number of nitrogens with zero attached hydrogens (tertiary/aromatic N) is 4. The average molecular weight is 420 g/mol. The molecule has 4 aromatic rings. The van der Waals surface area contributed by atoms with Gasteiger partial charge < -0.3 is 9.88 Å². The Hall–Kier alpha value is -2.93. The zero-order valence-electron chi connectivity index (χ0n) is 17.2. The van der Waals surface area contributed by atoms with E-state index < -0.39 is 0 Å². The minimum absolute atomic E-state index is 0.0217. The number of nitrogens with one attached hydrogen (secondary N) is 1. The summed E-state index contributed by atoms with van der Waals surface area (Å²) in [7, 11) is 0. The topological polar surface area (TPSA) is 72.7 Å². The number of carbonyl (C=O) groups excluding carboxylic acids is 1. The first-order valence-electron chi connectivity index (χ1n) is 10.3. The van der Waals surface area contributed by atoms with E-state index >= 15 is 0 Å². The van der Waals surface area contributed by atoms with Crippen molar-refractivity contribution < 1.29 is 4.79 Å². The molecule has 6 nitrogen and oxygen atoms in total. The van der Waals surface area contributed by atoms with Crippen LogP contribution in [0, 0.1) is 0 Å². The summed E-state index contributed by atoms with van der Waals surface area (Å²) in [4.78, 5) is 17.3. The maximum atomic E-state index is 12.6. The molecule has 0 spiro atoms. The third-order valence-electron chi connectivity index (χ3n) is 5.12. The number of carbonyl (C=O) groups is 1. The van der Waals surface area contributed by atoms with Crippen LogP contribution in [0.3, 0.4) is 0 Å². The van der Waals surface area contributed by atoms with Crippen LogP contribution in [0.1, 0.15) is 38.3 Å². The molecule has 0 aliphatic carbocycles. The van der Waals surface area contributed by atoms with Crippen LogP contribution in [-0.4, -0.2) is 31.4 Å². The molecule has 0 fully saturated rings. The van der Waals surface area contributed by atoms with Crippen molar-refractivity contribution in [3.05, 3.63) is 60.2 Å². The highest BCUT2D eigenvalue weighted by atomic mass is 32.2. The molecule has 1 atom stereocenters.